The molecule has 168 valence electrons. The minimum Gasteiger partial charge on any atom is -0.478 e. The number of amides is 1. The van der Waals surface area contributed by atoms with Crippen LogP contribution in [0.15, 0.2) is 70.4 Å². The standard InChI is InChI=1S/C24H20ClN3O4S/c1-13-21(14(2)29)22(15-3-7-17(25)8-4-15)19(11-26)23(27-13)33-12-20(30)28-18-9-5-16(6-10-18)24(31)32/h3-10,22,27H,12H2,1-2H3,(H,28,30)(H,31,32)/t22-/m0/s1. The number of hydrogen-bond acceptors (Lipinski definition) is 6. The number of carbonyl (C=O) groups is 3. The first kappa shape index (κ1) is 24.1. The minimum atomic E-state index is -1.05. The number of benzene rings is 2. The molecule has 0 fully saturated rings. The number of rotatable bonds is 7. The lowest BCUT2D eigenvalue weighted by atomic mass is 9.81. The summed E-state index contributed by atoms with van der Waals surface area (Å²) in [4.78, 5) is 35.8. The lowest BCUT2D eigenvalue weighted by Crippen LogP contribution is -2.27. The molecule has 0 aromatic heterocycles. The van der Waals surface area contributed by atoms with Gasteiger partial charge in [0.2, 0.25) is 5.91 Å². The number of anilines is 1. The van der Waals surface area contributed by atoms with Gasteiger partial charge in [0.25, 0.3) is 0 Å². The van der Waals surface area contributed by atoms with Gasteiger partial charge >= 0.3 is 5.97 Å². The van der Waals surface area contributed by atoms with Gasteiger partial charge in [-0.25, -0.2) is 4.79 Å². The Morgan fingerprint density at radius 3 is 2.33 bits per heavy atom. The fourth-order valence-electron chi connectivity index (χ4n) is 3.51. The molecule has 1 atom stereocenters. The highest BCUT2D eigenvalue weighted by Gasteiger charge is 2.33. The van der Waals surface area contributed by atoms with Crippen LogP contribution < -0.4 is 10.6 Å². The third kappa shape index (κ3) is 5.64. The summed E-state index contributed by atoms with van der Waals surface area (Å²) in [7, 11) is 0. The van der Waals surface area contributed by atoms with E-state index < -0.39 is 11.9 Å². The Labute approximate surface area is 200 Å². The van der Waals surface area contributed by atoms with Crippen LogP contribution in [0.5, 0.6) is 0 Å². The van der Waals surface area contributed by atoms with Crippen molar-refractivity contribution in [3.05, 3.63) is 86.6 Å². The molecule has 1 heterocycles. The molecule has 0 saturated heterocycles. The average Bonchev–Trinajstić information content (AvgIpc) is 2.77. The van der Waals surface area contributed by atoms with Crippen molar-refractivity contribution in [3.8, 4) is 6.07 Å². The van der Waals surface area contributed by atoms with Crippen LogP contribution >= 0.6 is 23.4 Å². The number of halogens is 1. The Morgan fingerprint density at radius 1 is 1.15 bits per heavy atom. The van der Waals surface area contributed by atoms with E-state index >= 15 is 0 Å². The molecular weight excluding hydrogens is 462 g/mol. The van der Waals surface area contributed by atoms with E-state index in [-0.39, 0.29) is 23.0 Å². The number of nitrogens with one attached hydrogen (secondary N) is 2. The van der Waals surface area contributed by atoms with Crippen molar-refractivity contribution in [2.45, 2.75) is 19.8 Å². The Balaban J connectivity index is 1.82. The zero-order valence-corrected chi connectivity index (χ0v) is 19.4. The second-order valence-corrected chi connectivity index (χ2v) is 8.70. The molecule has 0 aliphatic carbocycles. The van der Waals surface area contributed by atoms with E-state index in [2.05, 4.69) is 16.7 Å². The molecule has 9 heteroatoms. The molecule has 0 spiro atoms. The summed E-state index contributed by atoms with van der Waals surface area (Å²) in [6.07, 6.45) is 0. The lowest BCUT2D eigenvalue weighted by molar-refractivity contribution is -0.114. The van der Waals surface area contributed by atoms with E-state index in [1.165, 1.54) is 31.2 Å². The highest BCUT2D eigenvalue weighted by Crippen LogP contribution is 2.41. The van der Waals surface area contributed by atoms with Crippen molar-refractivity contribution in [3.63, 3.8) is 0 Å². The quantitative estimate of drug-likeness (QED) is 0.524. The molecule has 33 heavy (non-hydrogen) atoms. The van der Waals surface area contributed by atoms with Gasteiger partial charge < -0.3 is 15.7 Å². The maximum atomic E-state index is 12.4. The summed E-state index contributed by atoms with van der Waals surface area (Å²) < 4.78 is 0. The number of carbonyl (C=O) groups excluding carboxylic acids is 2. The Kier molecular flexibility index (Phi) is 7.59. The smallest absolute Gasteiger partial charge is 0.335 e. The van der Waals surface area contributed by atoms with Gasteiger partial charge in [0.05, 0.1) is 33.9 Å². The van der Waals surface area contributed by atoms with Gasteiger partial charge in [0.15, 0.2) is 5.78 Å². The fourth-order valence-corrected chi connectivity index (χ4v) is 4.53. The second-order valence-electron chi connectivity index (χ2n) is 7.28. The molecule has 7 nitrogen and oxygen atoms in total. The highest BCUT2D eigenvalue weighted by atomic mass is 35.5. The molecule has 1 aliphatic heterocycles. The average molecular weight is 482 g/mol. The Hall–Kier alpha value is -3.54. The second kappa shape index (κ2) is 10.4. The fraction of sp³-hybridized carbons (Fsp3) is 0.167. The van der Waals surface area contributed by atoms with E-state index in [0.29, 0.717) is 32.6 Å². The number of ketones is 1. The van der Waals surface area contributed by atoms with Gasteiger partial charge in [-0.05, 0) is 55.8 Å². The van der Waals surface area contributed by atoms with Crippen LogP contribution in [0, 0.1) is 11.3 Å². The van der Waals surface area contributed by atoms with Crippen molar-refractivity contribution in [2.75, 3.05) is 11.1 Å². The predicted molar refractivity (Wildman–Crippen MR) is 128 cm³/mol. The zero-order valence-electron chi connectivity index (χ0n) is 17.8. The van der Waals surface area contributed by atoms with Crippen LogP contribution in [0.1, 0.15) is 35.7 Å². The minimum absolute atomic E-state index is 0.00418. The number of hydrogen-bond donors (Lipinski definition) is 3. The number of allylic oxidation sites excluding steroid dienone is 3. The molecule has 3 N–H and O–H groups in total. The number of carboxylic acid groups (broad SMARTS) is 1. The number of thioether (sulfide) groups is 1. The third-order valence-corrected chi connectivity index (χ3v) is 6.26. The molecule has 0 bridgehead atoms. The topological polar surface area (TPSA) is 119 Å². The van der Waals surface area contributed by atoms with E-state index in [1.807, 2.05) is 0 Å². The molecule has 0 unspecified atom stereocenters. The number of aromatic carboxylic acids is 1. The summed E-state index contributed by atoms with van der Waals surface area (Å²) in [5.41, 5.74) is 2.79. The van der Waals surface area contributed by atoms with Gasteiger partial charge in [-0.15, -0.1) is 0 Å². The maximum Gasteiger partial charge on any atom is 0.335 e. The van der Waals surface area contributed by atoms with Crippen molar-refractivity contribution in [1.82, 2.24) is 5.32 Å². The van der Waals surface area contributed by atoms with Gasteiger partial charge in [-0.1, -0.05) is 35.5 Å². The number of nitriles is 1. The predicted octanol–water partition coefficient (Wildman–Crippen LogP) is 4.70. The first-order valence-corrected chi connectivity index (χ1v) is 11.2. The van der Waals surface area contributed by atoms with Crippen molar-refractivity contribution in [1.29, 1.82) is 5.26 Å². The number of Topliss-reactive ketones (excluding diaryl/α,β-unsaturated/α-hetero) is 1. The Morgan fingerprint density at radius 2 is 1.79 bits per heavy atom. The number of dihydropyridines is 1. The summed E-state index contributed by atoms with van der Waals surface area (Å²) in [6.45, 7) is 3.22. The normalized spacial score (nSPS) is 15.5. The molecule has 2 aromatic rings. The van der Waals surface area contributed by atoms with E-state index in [0.717, 1.165) is 17.3 Å². The summed E-state index contributed by atoms with van der Waals surface area (Å²) in [6, 6.07) is 15.0. The first-order chi connectivity index (χ1) is 15.7. The third-order valence-electron chi connectivity index (χ3n) is 4.99. The lowest BCUT2D eigenvalue weighted by Gasteiger charge is -2.29. The molecule has 1 aliphatic rings. The number of nitrogens with zero attached hydrogens (tertiary/aromatic N) is 1. The van der Waals surface area contributed by atoms with Crippen molar-refractivity contribution < 1.29 is 19.5 Å². The first-order valence-electron chi connectivity index (χ1n) is 9.85. The molecule has 0 saturated carbocycles. The van der Waals surface area contributed by atoms with E-state index in [1.54, 1.807) is 31.2 Å². The SMILES string of the molecule is CC(=O)C1=C(C)NC(SCC(=O)Nc2ccc(C(=O)O)cc2)=C(C#N)[C@@H]1c1ccc(Cl)cc1. The van der Waals surface area contributed by atoms with Gasteiger partial charge in [0, 0.05) is 22.0 Å². The summed E-state index contributed by atoms with van der Waals surface area (Å²) in [5, 5.41) is 25.7. The summed E-state index contributed by atoms with van der Waals surface area (Å²) in [5.74, 6) is -2.09. The van der Waals surface area contributed by atoms with Crippen LogP contribution in [0.3, 0.4) is 0 Å². The van der Waals surface area contributed by atoms with E-state index in [4.69, 9.17) is 16.7 Å². The van der Waals surface area contributed by atoms with Gasteiger partial charge in [-0.2, -0.15) is 5.26 Å². The van der Waals surface area contributed by atoms with Crippen LogP contribution in [0.2, 0.25) is 5.02 Å². The molecule has 2 aromatic carbocycles. The summed E-state index contributed by atoms with van der Waals surface area (Å²) >= 11 is 7.16. The zero-order chi connectivity index (χ0) is 24.1. The Bertz CT molecular complexity index is 1210. The van der Waals surface area contributed by atoms with Gasteiger partial charge in [0.1, 0.15) is 0 Å². The molecular formula is C24H20ClN3O4S. The van der Waals surface area contributed by atoms with Crippen molar-refractivity contribution >= 4 is 46.7 Å². The highest BCUT2D eigenvalue weighted by molar-refractivity contribution is 8.03. The largest absolute Gasteiger partial charge is 0.478 e. The van der Waals surface area contributed by atoms with Crippen molar-refractivity contribution in [2.24, 2.45) is 0 Å². The molecule has 1 amide bonds. The van der Waals surface area contributed by atoms with Crippen LogP contribution in [-0.4, -0.2) is 28.5 Å². The van der Waals surface area contributed by atoms with Crippen LogP contribution in [-0.2, 0) is 9.59 Å². The molecule has 3 rings (SSSR count). The van der Waals surface area contributed by atoms with Crippen LogP contribution in [0.4, 0.5) is 5.69 Å². The van der Waals surface area contributed by atoms with E-state index in [9.17, 15) is 19.6 Å². The van der Waals surface area contributed by atoms with Crippen LogP contribution in [0.25, 0.3) is 0 Å². The van der Waals surface area contributed by atoms with Gasteiger partial charge in [-0.3, -0.25) is 9.59 Å². The maximum absolute atomic E-state index is 12.4. The molecule has 0 radical (unpaired) electrons. The number of carboxylic acids is 1. The monoisotopic (exact) mass is 481 g/mol.